The van der Waals surface area contributed by atoms with Crippen molar-refractivity contribution in [3.8, 4) is 0 Å². The normalized spacial score (nSPS) is 16.0. The van der Waals surface area contributed by atoms with Gasteiger partial charge in [0.25, 0.3) is 0 Å². The van der Waals surface area contributed by atoms with Gasteiger partial charge in [0.05, 0.1) is 5.92 Å². The second-order valence-electron chi connectivity index (χ2n) is 7.75. The number of nitrogens with one attached hydrogen (secondary N) is 1. The number of benzene rings is 1. The summed E-state index contributed by atoms with van der Waals surface area (Å²) in [7, 11) is 0. The molecule has 1 fully saturated rings. The van der Waals surface area contributed by atoms with Crippen LogP contribution in [0.5, 0.6) is 0 Å². The fourth-order valence-corrected chi connectivity index (χ4v) is 4.03. The van der Waals surface area contributed by atoms with Gasteiger partial charge in [0.2, 0.25) is 11.8 Å². The van der Waals surface area contributed by atoms with Crippen LogP contribution in [0.1, 0.15) is 19.8 Å². The molecule has 150 valence electrons. The molecule has 1 N–H and O–H groups in total. The van der Waals surface area contributed by atoms with Crippen molar-refractivity contribution < 1.29 is 9.59 Å². The number of fused-ring (bicyclic) bond motifs is 1. The van der Waals surface area contributed by atoms with E-state index in [4.69, 9.17) is 0 Å². The maximum absolute atomic E-state index is 12.9. The number of anilines is 1. The van der Waals surface area contributed by atoms with E-state index in [1.807, 2.05) is 30.2 Å². The summed E-state index contributed by atoms with van der Waals surface area (Å²) < 4.78 is 2.15. The standard InChI is InChI=1S/C23H26N4O2/c1-17(16-27-15-8-18-4-2-3-5-21(18)27)23(29)26-13-9-19(10-14-26)22(28)25-20-6-11-24-12-7-20/h2-8,11-12,15,17,19H,9-10,13-14,16H2,1H3,(H,24,25,28). The first kappa shape index (κ1) is 19.2. The Hall–Kier alpha value is -3.15. The number of para-hydroxylation sites is 1. The van der Waals surface area contributed by atoms with E-state index in [9.17, 15) is 9.59 Å². The largest absolute Gasteiger partial charge is 0.347 e. The van der Waals surface area contributed by atoms with E-state index in [1.54, 1.807) is 24.5 Å². The van der Waals surface area contributed by atoms with Crippen LogP contribution in [0.25, 0.3) is 10.9 Å². The second kappa shape index (κ2) is 8.47. The summed E-state index contributed by atoms with van der Waals surface area (Å²) in [6.07, 6.45) is 6.76. The summed E-state index contributed by atoms with van der Waals surface area (Å²) in [5.74, 6) is 0.0230. The van der Waals surface area contributed by atoms with Crippen LogP contribution in [-0.2, 0) is 16.1 Å². The Balaban J connectivity index is 1.31. The highest BCUT2D eigenvalue weighted by Gasteiger charge is 2.29. The molecule has 1 aliphatic rings. The first-order chi connectivity index (χ1) is 14.1. The van der Waals surface area contributed by atoms with Crippen LogP contribution in [0.3, 0.4) is 0 Å². The number of hydrogen-bond acceptors (Lipinski definition) is 3. The zero-order valence-electron chi connectivity index (χ0n) is 16.6. The molecule has 2 amide bonds. The van der Waals surface area contributed by atoms with Crippen molar-refractivity contribution in [3.63, 3.8) is 0 Å². The van der Waals surface area contributed by atoms with Crippen LogP contribution in [0.15, 0.2) is 61.1 Å². The van der Waals surface area contributed by atoms with Crippen LogP contribution in [0, 0.1) is 11.8 Å². The summed E-state index contributed by atoms with van der Waals surface area (Å²) >= 11 is 0. The maximum Gasteiger partial charge on any atom is 0.227 e. The average molecular weight is 390 g/mol. The van der Waals surface area contributed by atoms with Crippen LogP contribution in [0.4, 0.5) is 5.69 Å². The molecule has 4 rings (SSSR count). The zero-order valence-corrected chi connectivity index (χ0v) is 16.6. The van der Waals surface area contributed by atoms with E-state index in [-0.39, 0.29) is 23.7 Å². The number of nitrogens with zero attached hydrogens (tertiary/aromatic N) is 3. The Kier molecular flexibility index (Phi) is 5.60. The third-order valence-corrected chi connectivity index (χ3v) is 5.70. The SMILES string of the molecule is CC(Cn1ccc2ccccc21)C(=O)N1CCC(C(=O)Nc2ccncc2)CC1. The Bertz CT molecular complexity index is 990. The number of likely N-dealkylation sites (tertiary alicyclic amines) is 1. The quantitative estimate of drug-likeness (QED) is 0.724. The molecule has 1 atom stereocenters. The van der Waals surface area contributed by atoms with Gasteiger partial charge in [-0.2, -0.15) is 0 Å². The molecule has 1 unspecified atom stereocenters. The monoisotopic (exact) mass is 390 g/mol. The van der Waals surface area contributed by atoms with Gasteiger partial charge in [-0.3, -0.25) is 14.6 Å². The highest BCUT2D eigenvalue weighted by atomic mass is 16.2. The number of amides is 2. The van der Waals surface area contributed by atoms with E-state index in [2.05, 4.69) is 33.1 Å². The zero-order chi connectivity index (χ0) is 20.2. The minimum absolute atomic E-state index is 0.0233. The van der Waals surface area contributed by atoms with Gasteiger partial charge in [-0.05, 0) is 42.5 Å². The Labute approximate surface area is 170 Å². The van der Waals surface area contributed by atoms with E-state index in [1.165, 1.54) is 5.39 Å². The fraction of sp³-hybridized carbons (Fsp3) is 0.348. The summed E-state index contributed by atoms with van der Waals surface area (Å²) in [6.45, 7) is 3.90. The lowest BCUT2D eigenvalue weighted by atomic mass is 9.95. The van der Waals surface area contributed by atoms with Crippen molar-refractivity contribution in [2.45, 2.75) is 26.3 Å². The number of hydrogen-bond donors (Lipinski definition) is 1. The Morgan fingerprint density at radius 3 is 2.59 bits per heavy atom. The van der Waals surface area contributed by atoms with Crippen LogP contribution >= 0.6 is 0 Å². The minimum Gasteiger partial charge on any atom is -0.347 e. The van der Waals surface area contributed by atoms with Crippen molar-refractivity contribution >= 4 is 28.4 Å². The van der Waals surface area contributed by atoms with Gasteiger partial charge >= 0.3 is 0 Å². The summed E-state index contributed by atoms with van der Waals surface area (Å²) in [5, 5.41) is 4.13. The smallest absolute Gasteiger partial charge is 0.227 e. The van der Waals surface area contributed by atoms with Crippen molar-refractivity contribution in [3.05, 3.63) is 61.1 Å². The maximum atomic E-state index is 12.9. The topological polar surface area (TPSA) is 67.2 Å². The highest BCUT2D eigenvalue weighted by molar-refractivity contribution is 5.92. The molecule has 0 saturated carbocycles. The van der Waals surface area contributed by atoms with Gasteiger partial charge in [-0.1, -0.05) is 25.1 Å². The molecule has 1 aromatic carbocycles. The Morgan fingerprint density at radius 1 is 1.10 bits per heavy atom. The van der Waals surface area contributed by atoms with Gasteiger partial charge in [0, 0.05) is 55.3 Å². The summed E-state index contributed by atoms with van der Waals surface area (Å²) in [4.78, 5) is 31.3. The first-order valence-corrected chi connectivity index (χ1v) is 10.2. The number of piperidine rings is 1. The van der Waals surface area contributed by atoms with Crippen LogP contribution < -0.4 is 5.32 Å². The highest BCUT2D eigenvalue weighted by Crippen LogP contribution is 2.22. The number of carbonyl (C=O) groups is 2. The van der Waals surface area contributed by atoms with Crippen molar-refractivity contribution in [1.82, 2.24) is 14.5 Å². The van der Waals surface area contributed by atoms with Crippen molar-refractivity contribution in [1.29, 1.82) is 0 Å². The lowest BCUT2D eigenvalue weighted by Crippen LogP contribution is -2.44. The molecule has 1 aliphatic heterocycles. The van der Waals surface area contributed by atoms with E-state index >= 15 is 0 Å². The molecular weight excluding hydrogens is 364 g/mol. The van der Waals surface area contributed by atoms with Gasteiger partial charge < -0.3 is 14.8 Å². The molecule has 2 aromatic heterocycles. The molecule has 0 aliphatic carbocycles. The molecule has 1 saturated heterocycles. The summed E-state index contributed by atoms with van der Waals surface area (Å²) in [6, 6.07) is 13.9. The lowest BCUT2D eigenvalue weighted by molar-refractivity contribution is -0.138. The Morgan fingerprint density at radius 2 is 1.83 bits per heavy atom. The van der Waals surface area contributed by atoms with Crippen LogP contribution in [-0.4, -0.2) is 39.4 Å². The van der Waals surface area contributed by atoms with Crippen LogP contribution in [0.2, 0.25) is 0 Å². The third kappa shape index (κ3) is 4.31. The molecule has 0 bridgehead atoms. The van der Waals surface area contributed by atoms with Gasteiger partial charge in [-0.25, -0.2) is 0 Å². The fourth-order valence-electron chi connectivity index (χ4n) is 4.03. The number of pyridine rings is 1. The van der Waals surface area contributed by atoms with Gasteiger partial charge in [0.1, 0.15) is 0 Å². The molecule has 29 heavy (non-hydrogen) atoms. The number of aromatic nitrogens is 2. The van der Waals surface area contributed by atoms with E-state index in [0.717, 1.165) is 11.2 Å². The average Bonchev–Trinajstić information content (AvgIpc) is 3.17. The molecule has 3 aromatic rings. The minimum atomic E-state index is -0.104. The predicted molar refractivity (Wildman–Crippen MR) is 113 cm³/mol. The molecule has 0 spiro atoms. The second-order valence-corrected chi connectivity index (χ2v) is 7.75. The molecule has 6 heteroatoms. The number of rotatable bonds is 5. The van der Waals surface area contributed by atoms with Gasteiger partial charge in [-0.15, -0.1) is 0 Å². The first-order valence-electron chi connectivity index (χ1n) is 10.2. The van der Waals surface area contributed by atoms with E-state index < -0.39 is 0 Å². The third-order valence-electron chi connectivity index (χ3n) is 5.70. The molecule has 0 radical (unpaired) electrons. The van der Waals surface area contributed by atoms with Crippen molar-refractivity contribution in [2.75, 3.05) is 18.4 Å². The molecular formula is C23H26N4O2. The number of carbonyl (C=O) groups excluding carboxylic acids is 2. The van der Waals surface area contributed by atoms with E-state index in [0.29, 0.717) is 32.5 Å². The molecule has 6 nitrogen and oxygen atoms in total. The predicted octanol–water partition coefficient (Wildman–Crippen LogP) is 3.55. The molecule has 3 heterocycles. The lowest BCUT2D eigenvalue weighted by Gasteiger charge is -2.33. The summed E-state index contributed by atoms with van der Waals surface area (Å²) in [5.41, 5.74) is 1.91. The van der Waals surface area contributed by atoms with Gasteiger partial charge in [0.15, 0.2) is 0 Å². The van der Waals surface area contributed by atoms with Crippen molar-refractivity contribution in [2.24, 2.45) is 11.8 Å².